The standard InChI is InChI=1S/C18H15N5O4/c24-15(19-10-5-6-12-13(9-10)21-17(26)20-12)7-8-23-14-4-2-1-3-11(14)16(25)22-18(23)27/h1-6,9H,7-8H2,(H,19,24)(H2,20,21,26)(H,22,25,27). The molecular formula is C18H15N5O4. The van der Waals surface area contributed by atoms with Crippen LogP contribution in [0, 0.1) is 0 Å². The lowest BCUT2D eigenvalue weighted by Crippen LogP contribution is -2.31. The predicted octanol–water partition coefficient (Wildman–Crippen LogP) is 0.888. The number of H-pyrrole nitrogens is 3. The van der Waals surface area contributed by atoms with Crippen molar-refractivity contribution in [1.29, 1.82) is 0 Å². The normalized spacial score (nSPS) is 11.1. The van der Waals surface area contributed by atoms with Gasteiger partial charge in [-0.3, -0.25) is 19.1 Å². The minimum Gasteiger partial charge on any atom is -0.326 e. The maximum Gasteiger partial charge on any atom is 0.328 e. The van der Waals surface area contributed by atoms with E-state index in [4.69, 9.17) is 0 Å². The summed E-state index contributed by atoms with van der Waals surface area (Å²) >= 11 is 0. The maximum absolute atomic E-state index is 12.3. The zero-order chi connectivity index (χ0) is 19.0. The van der Waals surface area contributed by atoms with Gasteiger partial charge in [0.05, 0.1) is 21.9 Å². The van der Waals surface area contributed by atoms with Crippen molar-refractivity contribution < 1.29 is 4.79 Å². The van der Waals surface area contributed by atoms with E-state index in [-0.39, 0.29) is 24.6 Å². The van der Waals surface area contributed by atoms with Gasteiger partial charge in [-0.05, 0) is 30.3 Å². The molecule has 4 rings (SSSR count). The van der Waals surface area contributed by atoms with E-state index in [1.807, 2.05) is 0 Å². The zero-order valence-corrected chi connectivity index (χ0v) is 14.0. The molecule has 9 nitrogen and oxygen atoms in total. The van der Waals surface area contributed by atoms with Gasteiger partial charge in [-0.15, -0.1) is 0 Å². The number of nitrogens with one attached hydrogen (secondary N) is 4. The van der Waals surface area contributed by atoms with Gasteiger partial charge in [0.25, 0.3) is 5.56 Å². The van der Waals surface area contributed by atoms with Gasteiger partial charge in [-0.1, -0.05) is 12.1 Å². The first kappa shape index (κ1) is 16.6. The van der Waals surface area contributed by atoms with Crippen LogP contribution >= 0.6 is 0 Å². The van der Waals surface area contributed by atoms with Crippen molar-refractivity contribution in [2.24, 2.45) is 0 Å². The number of amides is 1. The number of para-hydroxylation sites is 1. The van der Waals surface area contributed by atoms with Gasteiger partial charge in [0.15, 0.2) is 0 Å². The Bertz CT molecular complexity index is 1340. The Morgan fingerprint density at radius 1 is 0.963 bits per heavy atom. The molecular weight excluding hydrogens is 350 g/mol. The van der Waals surface area contributed by atoms with E-state index < -0.39 is 11.2 Å². The van der Waals surface area contributed by atoms with Gasteiger partial charge < -0.3 is 15.3 Å². The molecule has 0 aliphatic heterocycles. The Morgan fingerprint density at radius 2 is 1.74 bits per heavy atom. The Hall–Kier alpha value is -3.88. The first-order valence-electron chi connectivity index (χ1n) is 8.25. The summed E-state index contributed by atoms with van der Waals surface area (Å²) in [6.07, 6.45) is 0.0393. The SMILES string of the molecule is O=C(CCn1c(=O)[nH]c(=O)c2ccccc21)Nc1ccc2[nH]c(=O)[nH]c2c1. The average molecular weight is 365 g/mol. The van der Waals surface area contributed by atoms with Gasteiger partial charge >= 0.3 is 11.4 Å². The molecule has 0 unspecified atom stereocenters. The first-order chi connectivity index (χ1) is 13.0. The van der Waals surface area contributed by atoms with Crippen LogP contribution in [0.3, 0.4) is 0 Å². The molecule has 0 saturated heterocycles. The highest BCUT2D eigenvalue weighted by Crippen LogP contribution is 2.15. The Labute approximate surface area is 150 Å². The minimum atomic E-state index is -0.558. The van der Waals surface area contributed by atoms with Gasteiger partial charge in [-0.2, -0.15) is 0 Å². The summed E-state index contributed by atoms with van der Waals surface area (Å²) in [5.74, 6) is -0.297. The second-order valence-corrected chi connectivity index (χ2v) is 6.07. The molecule has 0 aliphatic rings. The van der Waals surface area contributed by atoms with Crippen LogP contribution in [0.5, 0.6) is 0 Å². The zero-order valence-electron chi connectivity index (χ0n) is 14.0. The van der Waals surface area contributed by atoms with Crippen molar-refractivity contribution in [3.63, 3.8) is 0 Å². The topological polar surface area (TPSA) is 133 Å². The average Bonchev–Trinajstić information content (AvgIpc) is 3.01. The number of aromatic amines is 3. The monoisotopic (exact) mass is 365 g/mol. The summed E-state index contributed by atoms with van der Waals surface area (Å²) in [6.45, 7) is 0.116. The summed E-state index contributed by atoms with van der Waals surface area (Å²) < 4.78 is 1.36. The Morgan fingerprint density at radius 3 is 2.59 bits per heavy atom. The smallest absolute Gasteiger partial charge is 0.326 e. The molecule has 2 aromatic heterocycles. The summed E-state index contributed by atoms with van der Waals surface area (Å²) in [5.41, 5.74) is 0.900. The van der Waals surface area contributed by atoms with E-state index in [0.717, 1.165) is 0 Å². The molecule has 2 aromatic carbocycles. The number of fused-ring (bicyclic) bond motifs is 2. The third-order valence-corrected chi connectivity index (χ3v) is 4.27. The van der Waals surface area contributed by atoms with E-state index >= 15 is 0 Å². The largest absolute Gasteiger partial charge is 0.328 e. The summed E-state index contributed by atoms with van der Waals surface area (Å²) in [7, 11) is 0. The summed E-state index contributed by atoms with van der Waals surface area (Å²) in [6, 6.07) is 11.7. The number of imidazole rings is 1. The summed E-state index contributed by atoms with van der Waals surface area (Å²) in [5, 5.41) is 3.12. The van der Waals surface area contributed by atoms with Crippen molar-refractivity contribution in [3.8, 4) is 0 Å². The molecule has 4 N–H and O–H groups in total. The third kappa shape index (κ3) is 3.17. The van der Waals surface area contributed by atoms with Crippen molar-refractivity contribution in [2.75, 3.05) is 5.32 Å². The molecule has 0 fully saturated rings. The first-order valence-corrected chi connectivity index (χ1v) is 8.25. The van der Waals surface area contributed by atoms with Gasteiger partial charge in [0.2, 0.25) is 5.91 Å². The van der Waals surface area contributed by atoms with E-state index in [2.05, 4.69) is 20.3 Å². The fourth-order valence-electron chi connectivity index (χ4n) is 3.01. The molecule has 136 valence electrons. The van der Waals surface area contributed by atoms with Crippen LogP contribution in [0.2, 0.25) is 0 Å². The lowest BCUT2D eigenvalue weighted by Gasteiger charge is -2.10. The number of anilines is 1. The fraction of sp³-hybridized carbons (Fsp3) is 0.111. The number of rotatable bonds is 4. The molecule has 9 heteroatoms. The lowest BCUT2D eigenvalue weighted by atomic mass is 10.2. The molecule has 4 aromatic rings. The number of carbonyl (C=O) groups is 1. The van der Waals surface area contributed by atoms with Crippen LogP contribution in [-0.4, -0.2) is 25.4 Å². The Kier molecular flexibility index (Phi) is 3.96. The van der Waals surface area contributed by atoms with Gasteiger partial charge in [-0.25, -0.2) is 9.59 Å². The highest BCUT2D eigenvalue weighted by atomic mass is 16.2. The maximum atomic E-state index is 12.3. The number of aromatic nitrogens is 4. The van der Waals surface area contributed by atoms with Crippen LogP contribution in [0.15, 0.2) is 56.8 Å². The Balaban J connectivity index is 1.54. The van der Waals surface area contributed by atoms with Crippen LogP contribution in [0.1, 0.15) is 6.42 Å². The fourth-order valence-corrected chi connectivity index (χ4v) is 3.01. The lowest BCUT2D eigenvalue weighted by molar-refractivity contribution is -0.116. The van der Waals surface area contributed by atoms with Crippen molar-refractivity contribution in [2.45, 2.75) is 13.0 Å². The van der Waals surface area contributed by atoms with Crippen LogP contribution in [0.25, 0.3) is 21.9 Å². The van der Waals surface area contributed by atoms with E-state index in [0.29, 0.717) is 27.6 Å². The van der Waals surface area contributed by atoms with E-state index in [9.17, 15) is 19.2 Å². The molecule has 2 heterocycles. The molecule has 0 saturated carbocycles. The van der Waals surface area contributed by atoms with Crippen molar-refractivity contribution in [1.82, 2.24) is 19.5 Å². The number of nitrogens with zero attached hydrogens (tertiary/aromatic N) is 1. The second-order valence-electron chi connectivity index (χ2n) is 6.07. The number of hydrogen-bond donors (Lipinski definition) is 4. The second kappa shape index (κ2) is 6.45. The van der Waals surface area contributed by atoms with Crippen LogP contribution < -0.4 is 22.3 Å². The molecule has 0 atom stereocenters. The number of benzene rings is 2. The molecule has 0 bridgehead atoms. The number of aryl methyl sites for hydroxylation is 1. The molecule has 0 aliphatic carbocycles. The number of carbonyl (C=O) groups excluding carboxylic acids is 1. The quantitative estimate of drug-likeness (QED) is 0.427. The van der Waals surface area contributed by atoms with E-state index in [1.165, 1.54) is 4.57 Å². The van der Waals surface area contributed by atoms with Crippen molar-refractivity contribution in [3.05, 3.63) is 73.8 Å². The van der Waals surface area contributed by atoms with E-state index in [1.54, 1.807) is 42.5 Å². The van der Waals surface area contributed by atoms with Crippen LogP contribution in [-0.2, 0) is 11.3 Å². The molecule has 27 heavy (non-hydrogen) atoms. The summed E-state index contributed by atoms with van der Waals surface area (Å²) in [4.78, 5) is 55.0. The molecule has 0 spiro atoms. The van der Waals surface area contributed by atoms with Crippen LogP contribution in [0.4, 0.5) is 5.69 Å². The highest BCUT2D eigenvalue weighted by molar-refractivity contribution is 5.93. The number of hydrogen-bond acceptors (Lipinski definition) is 4. The van der Waals surface area contributed by atoms with Gasteiger partial charge in [0.1, 0.15) is 0 Å². The highest BCUT2D eigenvalue weighted by Gasteiger charge is 2.10. The van der Waals surface area contributed by atoms with Gasteiger partial charge in [0, 0.05) is 18.7 Å². The third-order valence-electron chi connectivity index (χ3n) is 4.27. The predicted molar refractivity (Wildman–Crippen MR) is 101 cm³/mol. The molecule has 0 radical (unpaired) electrons. The molecule has 1 amide bonds. The minimum absolute atomic E-state index is 0.0393. The van der Waals surface area contributed by atoms with Crippen molar-refractivity contribution >= 4 is 33.5 Å².